The number of aliphatic carboxylic acids is 1. The van der Waals surface area contributed by atoms with Crippen LogP contribution in [0, 0.1) is 19.8 Å². The Morgan fingerprint density at radius 3 is 2.47 bits per heavy atom. The summed E-state index contributed by atoms with van der Waals surface area (Å²) in [5.74, 6) is -1.08. The summed E-state index contributed by atoms with van der Waals surface area (Å²) >= 11 is 0. The zero-order chi connectivity index (χ0) is 14.0. The lowest BCUT2D eigenvalue weighted by molar-refractivity contribution is -0.141. The molecule has 1 fully saturated rings. The van der Waals surface area contributed by atoms with Crippen LogP contribution in [0.1, 0.15) is 18.1 Å². The van der Waals surface area contributed by atoms with Crippen molar-refractivity contribution in [2.24, 2.45) is 5.92 Å². The minimum absolute atomic E-state index is 0.296. The normalized spacial score (nSPS) is 24.1. The number of aryl methyl sites for hydroxylation is 2. The number of carboxylic acid groups (broad SMARTS) is 1. The van der Waals surface area contributed by atoms with E-state index in [0.717, 1.165) is 12.2 Å². The highest BCUT2D eigenvalue weighted by atomic mass is 16.4. The fraction of sp³-hybridized carbons (Fsp3) is 0.533. The van der Waals surface area contributed by atoms with E-state index in [4.69, 9.17) is 0 Å². The molecule has 2 rings (SSSR count). The lowest BCUT2D eigenvalue weighted by Gasteiger charge is -2.26. The average Bonchev–Trinajstić information content (AvgIpc) is 2.50. The molecule has 1 aromatic rings. The Bertz CT molecular complexity index is 453. The molecule has 0 aromatic heterocycles. The van der Waals surface area contributed by atoms with Gasteiger partial charge in [0.05, 0.1) is 5.92 Å². The van der Waals surface area contributed by atoms with Crippen LogP contribution in [0.2, 0.25) is 0 Å². The predicted molar refractivity (Wildman–Crippen MR) is 76.7 cm³/mol. The van der Waals surface area contributed by atoms with E-state index in [-0.39, 0.29) is 5.92 Å². The van der Waals surface area contributed by atoms with Gasteiger partial charge in [-0.15, -0.1) is 0 Å². The van der Waals surface area contributed by atoms with Gasteiger partial charge in [-0.25, -0.2) is 0 Å². The number of hydrogen-bond acceptors (Lipinski definition) is 3. The van der Waals surface area contributed by atoms with Crippen molar-refractivity contribution in [2.75, 3.05) is 24.5 Å². The van der Waals surface area contributed by atoms with Crippen LogP contribution < -0.4 is 10.2 Å². The zero-order valence-electron chi connectivity index (χ0n) is 11.8. The Morgan fingerprint density at radius 1 is 1.26 bits per heavy atom. The van der Waals surface area contributed by atoms with E-state index in [2.05, 4.69) is 49.2 Å². The third kappa shape index (κ3) is 3.47. The summed E-state index contributed by atoms with van der Waals surface area (Å²) in [6, 6.07) is 6.69. The number of rotatable bonds is 2. The summed E-state index contributed by atoms with van der Waals surface area (Å²) in [7, 11) is 0. The lowest BCUT2D eigenvalue weighted by atomic mass is 10.1. The van der Waals surface area contributed by atoms with Gasteiger partial charge in [0, 0.05) is 31.4 Å². The average molecular weight is 262 g/mol. The number of benzene rings is 1. The molecule has 1 saturated heterocycles. The Hall–Kier alpha value is -1.55. The number of nitrogens with zero attached hydrogens (tertiary/aromatic N) is 1. The van der Waals surface area contributed by atoms with Crippen molar-refractivity contribution >= 4 is 11.7 Å². The second-order valence-corrected chi connectivity index (χ2v) is 5.60. The molecule has 2 N–H and O–H groups in total. The van der Waals surface area contributed by atoms with Crippen LogP contribution >= 0.6 is 0 Å². The van der Waals surface area contributed by atoms with Crippen LogP contribution in [-0.4, -0.2) is 36.8 Å². The van der Waals surface area contributed by atoms with Crippen molar-refractivity contribution in [3.8, 4) is 0 Å². The molecule has 1 aromatic carbocycles. The van der Waals surface area contributed by atoms with E-state index in [0.29, 0.717) is 19.1 Å². The van der Waals surface area contributed by atoms with Gasteiger partial charge < -0.3 is 15.3 Å². The van der Waals surface area contributed by atoms with Gasteiger partial charge in [0.1, 0.15) is 0 Å². The molecule has 2 atom stereocenters. The summed E-state index contributed by atoms with van der Waals surface area (Å²) in [5.41, 5.74) is 3.55. The summed E-state index contributed by atoms with van der Waals surface area (Å²) < 4.78 is 0. The zero-order valence-corrected chi connectivity index (χ0v) is 11.8. The molecule has 1 aliphatic heterocycles. The molecule has 4 nitrogen and oxygen atoms in total. The maximum Gasteiger partial charge on any atom is 0.309 e. The number of carboxylic acids is 1. The molecule has 0 amide bonds. The van der Waals surface area contributed by atoms with E-state index >= 15 is 0 Å². The lowest BCUT2D eigenvalue weighted by Crippen LogP contribution is -2.35. The van der Waals surface area contributed by atoms with Gasteiger partial charge in [0.15, 0.2) is 0 Å². The van der Waals surface area contributed by atoms with E-state index in [1.807, 2.05) is 0 Å². The predicted octanol–water partition coefficient (Wildman–Crippen LogP) is 1.80. The quantitative estimate of drug-likeness (QED) is 0.853. The molecule has 1 heterocycles. The summed E-state index contributed by atoms with van der Waals surface area (Å²) in [5, 5.41) is 12.5. The molecular formula is C15H22N2O2. The molecule has 0 saturated carbocycles. The van der Waals surface area contributed by atoms with Gasteiger partial charge in [-0.2, -0.15) is 0 Å². The van der Waals surface area contributed by atoms with Crippen LogP contribution in [0.3, 0.4) is 0 Å². The Morgan fingerprint density at radius 2 is 1.89 bits per heavy atom. The maximum absolute atomic E-state index is 11.3. The molecule has 0 spiro atoms. The third-order valence-corrected chi connectivity index (χ3v) is 3.57. The SMILES string of the molecule is Cc1cc(C)cc(N2CC(C)NCC(C(=O)O)C2)c1. The highest BCUT2D eigenvalue weighted by molar-refractivity contribution is 5.71. The standard InChI is InChI=1S/C15H22N2O2/c1-10-4-11(2)6-14(5-10)17-8-12(3)16-7-13(9-17)15(18)19/h4-6,12-13,16H,7-9H2,1-3H3,(H,18,19). The van der Waals surface area contributed by atoms with Crippen molar-refractivity contribution in [3.63, 3.8) is 0 Å². The van der Waals surface area contributed by atoms with Crippen LogP contribution in [0.4, 0.5) is 5.69 Å². The Kier molecular flexibility index (Phi) is 4.10. The third-order valence-electron chi connectivity index (χ3n) is 3.57. The molecule has 0 aliphatic carbocycles. The monoisotopic (exact) mass is 262 g/mol. The van der Waals surface area contributed by atoms with Crippen molar-refractivity contribution in [3.05, 3.63) is 29.3 Å². The van der Waals surface area contributed by atoms with Gasteiger partial charge >= 0.3 is 5.97 Å². The van der Waals surface area contributed by atoms with E-state index < -0.39 is 5.97 Å². The highest BCUT2D eigenvalue weighted by Gasteiger charge is 2.26. The molecule has 4 heteroatoms. The topological polar surface area (TPSA) is 52.6 Å². The minimum Gasteiger partial charge on any atom is -0.481 e. The molecule has 0 radical (unpaired) electrons. The van der Waals surface area contributed by atoms with E-state index in [9.17, 15) is 9.90 Å². The van der Waals surface area contributed by atoms with Gasteiger partial charge in [-0.05, 0) is 44.0 Å². The van der Waals surface area contributed by atoms with Crippen LogP contribution in [-0.2, 0) is 4.79 Å². The number of carbonyl (C=O) groups is 1. The first-order chi connectivity index (χ1) is 8.95. The molecule has 0 bridgehead atoms. The fourth-order valence-corrected chi connectivity index (χ4v) is 2.65. The first-order valence-electron chi connectivity index (χ1n) is 6.75. The molecule has 19 heavy (non-hydrogen) atoms. The molecular weight excluding hydrogens is 240 g/mol. The smallest absolute Gasteiger partial charge is 0.309 e. The van der Waals surface area contributed by atoms with Gasteiger partial charge in [0.25, 0.3) is 0 Å². The van der Waals surface area contributed by atoms with Gasteiger partial charge in [0.2, 0.25) is 0 Å². The minimum atomic E-state index is -0.726. The summed E-state index contributed by atoms with van der Waals surface area (Å²) in [6.07, 6.45) is 0. The second-order valence-electron chi connectivity index (χ2n) is 5.60. The van der Waals surface area contributed by atoms with E-state index in [1.165, 1.54) is 11.1 Å². The van der Waals surface area contributed by atoms with E-state index in [1.54, 1.807) is 0 Å². The van der Waals surface area contributed by atoms with Crippen LogP contribution in [0.15, 0.2) is 18.2 Å². The molecule has 104 valence electrons. The maximum atomic E-state index is 11.3. The number of nitrogens with one attached hydrogen (secondary N) is 1. The van der Waals surface area contributed by atoms with Crippen LogP contribution in [0.5, 0.6) is 0 Å². The number of hydrogen-bond donors (Lipinski definition) is 2. The Labute approximate surface area is 114 Å². The second kappa shape index (κ2) is 5.61. The fourth-order valence-electron chi connectivity index (χ4n) is 2.65. The highest BCUT2D eigenvalue weighted by Crippen LogP contribution is 2.21. The molecule has 1 aliphatic rings. The molecule has 2 unspecified atom stereocenters. The first kappa shape index (κ1) is 13.9. The number of anilines is 1. The van der Waals surface area contributed by atoms with Crippen molar-refractivity contribution in [1.29, 1.82) is 0 Å². The van der Waals surface area contributed by atoms with Gasteiger partial charge in [-0.3, -0.25) is 4.79 Å². The summed E-state index contributed by atoms with van der Waals surface area (Å²) in [6.45, 7) is 8.19. The van der Waals surface area contributed by atoms with Gasteiger partial charge in [-0.1, -0.05) is 6.07 Å². The van der Waals surface area contributed by atoms with Crippen molar-refractivity contribution < 1.29 is 9.90 Å². The summed E-state index contributed by atoms with van der Waals surface area (Å²) in [4.78, 5) is 13.4. The first-order valence-corrected chi connectivity index (χ1v) is 6.75. The van der Waals surface area contributed by atoms with Crippen molar-refractivity contribution in [1.82, 2.24) is 5.32 Å². The largest absolute Gasteiger partial charge is 0.481 e. The van der Waals surface area contributed by atoms with Crippen molar-refractivity contribution in [2.45, 2.75) is 26.8 Å². The van der Waals surface area contributed by atoms with Crippen LogP contribution in [0.25, 0.3) is 0 Å². The Balaban J connectivity index is 2.27.